The van der Waals surface area contributed by atoms with Crippen molar-refractivity contribution in [3.05, 3.63) is 30.3 Å². The van der Waals surface area contributed by atoms with Gasteiger partial charge in [-0.2, -0.15) is 0 Å². The Morgan fingerprint density at radius 2 is 1.88 bits per heavy atom. The van der Waals surface area contributed by atoms with Crippen LogP contribution in [0.3, 0.4) is 0 Å². The number of amides is 2. The Balaban J connectivity index is 1.65. The van der Waals surface area contributed by atoms with Crippen LogP contribution in [0.1, 0.15) is 33.1 Å². The summed E-state index contributed by atoms with van der Waals surface area (Å²) in [6, 6.07) is 10.3. The van der Waals surface area contributed by atoms with Crippen LogP contribution in [0, 0.1) is 5.92 Å². The molecule has 2 rings (SSSR count). The molecule has 1 aliphatic heterocycles. The van der Waals surface area contributed by atoms with E-state index in [-0.39, 0.29) is 17.9 Å². The van der Waals surface area contributed by atoms with E-state index in [9.17, 15) is 9.59 Å². The van der Waals surface area contributed by atoms with Gasteiger partial charge in [-0.15, -0.1) is 0 Å². The molecule has 1 heterocycles. The van der Waals surface area contributed by atoms with Crippen molar-refractivity contribution in [2.75, 3.05) is 44.2 Å². The van der Waals surface area contributed by atoms with E-state index in [1.165, 1.54) is 5.69 Å². The van der Waals surface area contributed by atoms with E-state index in [0.29, 0.717) is 39.1 Å². The summed E-state index contributed by atoms with van der Waals surface area (Å²) in [7, 11) is 0. The Labute approximate surface area is 156 Å². The number of piperidine rings is 1. The van der Waals surface area contributed by atoms with E-state index in [4.69, 9.17) is 4.74 Å². The molecule has 0 saturated carbocycles. The molecule has 6 heteroatoms. The zero-order chi connectivity index (χ0) is 18.8. The lowest BCUT2D eigenvalue weighted by atomic mass is 9.96. The minimum Gasteiger partial charge on any atom is -0.450 e. The van der Waals surface area contributed by atoms with E-state index in [0.717, 1.165) is 19.5 Å². The smallest absolute Gasteiger partial charge is 0.409 e. The van der Waals surface area contributed by atoms with E-state index >= 15 is 0 Å². The lowest BCUT2D eigenvalue weighted by Crippen LogP contribution is -2.43. The van der Waals surface area contributed by atoms with E-state index < -0.39 is 0 Å². The molecule has 1 aliphatic rings. The Kier molecular flexibility index (Phi) is 8.25. The summed E-state index contributed by atoms with van der Waals surface area (Å²) >= 11 is 0. The van der Waals surface area contributed by atoms with Gasteiger partial charge in [0.25, 0.3) is 0 Å². The van der Waals surface area contributed by atoms with Gasteiger partial charge in [-0.1, -0.05) is 18.2 Å². The van der Waals surface area contributed by atoms with Gasteiger partial charge in [0.2, 0.25) is 5.91 Å². The summed E-state index contributed by atoms with van der Waals surface area (Å²) in [5.41, 5.74) is 1.22. The van der Waals surface area contributed by atoms with Crippen molar-refractivity contribution in [3.8, 4) is 0 Å². The number of para-hydroxylation sites is 1. The maximum atomic E-state index is 12.3. The molecule has 1 fully saturated rings. The fraction of sp³-hybridized carbons (Fsp3) is 0.600. The van der Waals surface area contributed by atoms with Gasteiger partial charge in [-0.25, -0.2) is 4.79 Å². The fourth-order valence-electron chi connectivity index (χ4n) is 3.27. The number of hydrogen-bond donors (Lipinski definition) is 1. The monoisotopic (exact) mass is 361 g/mol. The van der Waals surface area contributed by atoms with Crippen molar-refractivity contribution in [3.63, 3.8) is 0 Å². The first kappa shape index (κ1) is 20.1. The van der Waals surface area contributed by atoms with E-state index in [1.807, 2.05) is 18.2 Å². The number of carbonyl (C=O) groups is 2. The van der Waals surface area contributed by atoms with Gasteiger partial charge in [-0.3, -0.25) is 4.79 Å². The molecule has 26 heavy (non-hydrogen) atoms. The van der Waals surface area contributed by atoms with Crippen LogP contribution in [0.4, 0.5) is 10.5 Å². The van der Waals surface area contributed by atoms with Crippen LogP contribution in [0.5, 0.6) is 0 Å². The van der Waals surface area contributed by atoms with Crippen molar-refractivity contribution in [1.29, 1.82) is 0 Å². The molecule has 144 valence electrons. The quantitative estimate of drug-likeness (QED) is 0.723. The molecule has 0 aromatic heterocycles. The summed E-state index contributed by atoms with van der Waals surface area (Å²) in [6.07, 6.45) is 2.05. The SMILES string of the molecule is CCOC(=O)N1CCC(C(=O)NCCCN(CC)c2ccccc2)CC1. The first-order valence-electron chi connectivity index (χ1n) is 9.65. The number of ether oxygens (including phenoxy) is 1. The molecule has 0 aliphatic carbocycles. The van der Waals surface area contributed by atoms with Crippen LogP contribution in [-0.2, 0) is 9.53 Å². The molecule has 0 atom stereocenters. The van der Waals surface area contributed by atoms with Crippen LogP contribution in [0.25, 0.3) is 0 Å². The average Bonchev–Trinajstić information content (AvgIpc) is 2.69. The number of anilines is 1. The summed E-state index contributed by atoms with van der Waals surface area (Å²) in [6.45, 7) is 8.06. The van der Waals surface area contributed by atoms with Gasteiger partial charge in [0, 0.05) is 44.3 Å². The highest BCUT2D eigenvalue weighted by molar-refractivity contribution is 5.79. The number of nitrogens with zero attached hydrogens (tertiary/aromatic N) is 2. The highest BCUT2D eigenvalue weighted by Gasteiger charge is 2.27. The minimum atomic E-state index is -0.271. The van der Waals surface area contributed by atoms with Crippen molar-refractivity contribution in [2.45, 2.75) is 33.1 Å². The number of hydrogen-bond acceptors (Lipinski definition) is 4. The number of carbonyl (C=O) groups excluding carboxylic acids is 2. The molecule has 0 unspecified atom stereocenters. The average molecular weight is 361 g/mol. The van der Waals surface area contributed by atoms with Crippen molar-refractivity contribution < 1.29 is 14.3 Å². The molecule has 0 bridgehead atoms. The largest absolute Gasteiger partial charge is 0.450 e. The predicted molar refractivity (Wildman–Crippen MR) is 103 cm³/mol. The van der Waals surface area contributed by atoms with Crippen LogP contribution in [0.15, 0.2) is 30.3 Å². The zero-order valence-electron chi connectivity index (χ0n) is 15.9. The summed E-state index contributed by atoms with van der Waals surface area (Å²) < 4.78 is 5.01. The highest BCUT2D eigenvalue weighted by atomic mass is 16.6. The van der Waals surface area contributed by atoms with E-state index in [1.54, 1.807) is 11.8 Å². The van der Waals surface area contributed by atoms with Crippen molar-refractivity contribution in [2.24, 2.45) is 5.92 Å². The molecule has 0 radical (unpaired) electrons. The van der Waals surface area contributed by atoms with Crippen LogP contribution in [-0.4, -0.2) is 56.2 Å². The zero-order valence-corrected chi connectivity index (χ0v) is 15.9. The van der Waals surface area contributed by atoms with Crippen LogP contribution in [0.2, 0.25) is 0 Å². The number of likely N-dealkylation sites (tertiary alicyclic amines) is 1. The topological polar surface area (TPSA) is 61.9 Å². The summed E-state index contributed by atoms with van der Waals surface area (Å²) in [4.78, 5) is 28.0. The van der Waals surface area contributed by atoms with Gasteiger partial charge in [0.15, 0.2) is 0 Å². The second-order valence-electron chi connectivity index (χ2n) is 6.52. The summed E-state index contributed by atoms with van der Waals surface area (Å²) in [5, 5.41) is 3.05. The third-order valence-electron chi connectivity index (χ3n) is 4.80. The second-order valence-corrected chi connectivity index (χ2v) is 6.52. The standard InChI is InChI=1S/C20H31N3O3/c1-3-22(18-9-6-5-7-10-18)14-8-13-21-19(24)17-11-15-23(16-12-17)20(25)26-4-2/h5-7,9-10,17H,3-4,8,11-16H2,1-2H3,(H,21,24). The molecular formula is C20H31N3O3. The minimum absolute atomic E-state index is 0.00271. The molecule has 0 spiro atoms. The first-order chi connectivity index (χ1) is 12.7. The lowest BCUT2D eigenvalue weighted by molar-refractivity contribution is -0.126. The van der Waals surface area contributed by atoms with Crippen LogP contribution < -0.4 is 10.2 Å². The van der Waals surface area contributed by atoms with Crippen molar-refractivity contribution >= 4 is 17.7 Å². The molecule has 6 nitrogen and oxygen atoms in total. The highest BCUT2D eigenvalue weighted by Crippen LogP contribution is 2.18. The second kappa shape index (κ2) is 10.7. The Bertz CT molecular complexity index is 557. The Morgan fingerprint density at radius 3 is 2.50 bits per heavy atom. The van der Waals surface area contributed by atoms with Gasteiger partial charge in [0.1, 0.15) is 0 Å². The lowest BCUT2D eigenvalue weighted by Gasteiger charge is -2.30. The first-order valence-corrected chi connectivity index (χ1v) is 9.65. The van der Waals surface area contributed by atoms with Gasteiger partial charge < -0.3 is 19.9 Å². The predicted octanol–water partition coefficient (Wildman–Crippen LogP) is 2.89. The van der Waals surface area contributed by atoms with Gasteiger partial charge in [0.05, 0.1) is 6.61 Å². The molecule has 1 N–H and O–H groups in total. The third kappa shape index (κ3) is 5.93. The van der Waals surface area contributed by atoms with Gasteiger partial charge in [-0.05, 0) is 45.2 Å². The normalized spacial score (nSPS) is 14.8. The van der Waals surface area contributed by atoms with E-state index in [2.05, 4.69) is 29.3 Å². The molecule has 1 saturated heterocycles. The van der Waals surface area contributed by atoms with Crippen molar-refractivity contribution in [1.82, 2.24) is 10.2 Å². The molecule has 1 aromatic carbocycles. The third-order valence-corrected chi connectivity index (χ3v) is 4.80. The maximum Gasteiger partial charge on any atom is 0.409 e. The maximum absolute atomic E-state index is 12.3. The Morgan fingerprint density at radius 1 is 1.19 bits per heavy atom. The molecule has 2 amide bonds. The van der Waals surface area contributed by atoms with Crippen LogP contribution >= 0.6 is 0 Å². The summed E-state index contributed by atoms with van der Waals surface area (Å²) in [5.74, 6) is 0.105. The number of rotatable bonds is 8. The van der Waals surface area contributed by atoms with Gasteiger partial charge >= 0.3 is 6.09 Å². The Hall–Kier alpha value is -2.24. The number of benzene rings is 1. The molecule has 1 aromatic rings. The molecular weight excluding hydrogens is 330 g/mol. The fourth-order valence-corrected chi connectivity index (χ4v) is 3.27. The number of nitrogens with one attached hydrogen (secondary N) is 1.